The van der Waals surface area contributed by atoms with Crippen molar-refractivity contribution in [2.75, 3.05) is 18.5 Å². The fourth-order valence-electron chi connectivity index (χ4n) is 3.45. The van der Waals surface area contributed by atoms with E-state index in [0.29, 0.717) is 12.6 Å². The van der Waals surface area contributed by atoms with Crippen LogP contribution >= 0.6 is 0 Å². The molecule has 0 aromatic carbocycles. The molecule has 0 radical (unpaired) electrons. The third kappa shape index (κ3) is 5.29. The van der Waals surface area contributed by atoms with Gasteiger partial charge in [-0.05, 0) is 25.7 Å². The summed E-state index contributed by atoms with van der Waals surface area (Å²) in [6.45, 7) is -2.62. The largest absolute Gasteiger partial charge is 0.469 e. The Hall–Kier alpha value is -2.77. The number of ether oxygens (including phenoxy) is 3. The highest BCUT2D eigenvalue weighted by molar-refractivity contribution is 5.36. The maximum Gasteiger partial charge on any atom is 0.423 e. The monoisotopic (exact) mass is 450 g/mol. The van der Waals surface area contributed by atoms with E-state index < -0.39 is 36.3 Å². The maximum atomic E-state index is 13.2. The Kier molecular flexibility index (Phi) is 6.07. The number of anilines is 1. The van der Waals surface area contributed by atoms with Crippen molar-refractivity contribution in [3.63, 3.8) is 0 Å². The molecule has 0 amide bonds. The minimum Gasteiger partial charge on any atom is -0.469 e. The van der Waals surface area contributed by atoms with Gasteiger partial charge in [-0.3, -0.25) is 0 Å². The number of rotatable bonds is 7. The molecule has 31 heavy (non-hydrogen) atoms. The van der Waals surface area contributed by atoms with E-state index in [2.05, 4.69) is 30.1 Å². The van der Waals surface area contributed by atoms with E-state index in [-0.39, 0.29) is 31.2 Å². The lowest BCUT2D eigenvalue weighted by molar-refractivity contribution is -0.142. The third-order valence-corrected chi connectivity index (χ3v) is 4.98. The van der Waals surface area contributed by atoms with Crippen LogP contribution in [-0.4, -0.2) is 56.7 Å². The average Bonchev–Trinajstić information content (AvgIpc) is 3.12. The van der Waals surface area contributed by atoms with E-state index in [0.717, 1.165) is 19.3 Å². The quantitative estimate of drug-likeness (QED) is 0.643. The summed E-state index contributed by atoms with van der Waals surface area (Å²) in [5.74, 6) is -0.537. The molecule has 3 heterocycles. The summed E-state index contributed by atoms with van der Waals surface area (Å²) in [7, 11) is 0. The maximum absolute atomic E-state index is 13.2. The first kappa shape index (κ1) is 21.5. The van der Waals surface area contributed by atoms with E-state index in [9.17, 15) is 22.0 Å². The lowest BCUT2D eigenvalue weighted by atomic mass is 9.91. The van der Waals surface area contributed by atoms with Crippen molar-refractivity contribution in [1.29, 1.82) is 0 Å². The predicted octanol–water partition coefficient (Wildman–Crippen LogP) is 3.06. The predicted molar refractivity (Wildman–Crippen MR) is 93.8 cm³/mol. The Balaban J connectivity index is 1.44. The Bertz CT molecular complexity index is 891. The smallest absolute Gasteiger partial charge is 0.423 e. The molecular formula is C17H19F5N6O3. The molecule has 0 spiro atoms. The summed E-state index contributed by atoms with van der Waals surface area (Å²) in [4.78, 5) is 11.4. The lowest BCUT2D eigenvalue weighted by Crippen LogP contribution is -2.39. The SMILES string of the molecule is FC(F)Oc1ncn([C@@H]2CCC[C@@H](Nc3ncc(C(F)(F)F)c(OC4COC4)n3)C2)n1. The average molecular weight is 450 g/mol. The first-order valence-corrected chi connectivity index (χ1v) is 9.59. The molecule has 2 fully saturated rings. The van der Waals surface area contributed by atoms with Gasteiger partial charge in [0.1, 0.15) is 18.0 Å². The zero-order valence-corrected chi connectivity index (χ0v) is 16.1. The molecule has 0 bridgehead atoms. The molecule has 170 valence electrons. The van der Waals surface area contributed by atoms with Gasteiger partial charge in [0.2, 0.25) is 11.8 Å². The normalized spacial score (nSPS) is 22.3. The molecule has 2 atom stereocenters. The Morgan fingerprint density at radius 1 is 1.19 bits per heavy atom. The molecule has 14 heteroatoms. The second-order valence-electron chi connectivity index (χ2n) is 7.23. The van der Waals surface area contributed by atoms with E-state index in [1.807, 2.05) is 0 Å². The van der Waals surface area contributed by atoms with Crippen LogP contribution in [0.25, 0.3) is 0 Å². The summed E-state index contributed by atoms with van der Waals surface area (Å²) < 4.78 is 80.2. The molecule has 2 aromatic heterocycles. The molecule has 2 aromatic rings. The number of aromatic nitrogens is 5. The Morgan fingerprint density at radius 3 is 2.68 bits per heavy atom. The van der Waals surface area contributed by atoms with Crippen molar-refractivity contribution in [3.8, 4) is 11.9 Å². The summed E-state index contributed by atoms with van der Waals surface area (Å²) in [5, 5.41) is 6.94. The minimum absolute atomic E-state index is 0.00852. The summed E-state index contributed by atoms with van der Waals surface area (Å²) in [6.07, 6.45) is -0.380. The number of nitrogens with one attached hydrogen (secondary N) is 1. The molecule has 4 rings (SSSR count). The van der Waals surface area contributed by atoms with E-state index in [1.54, 1.807) is 0 Å². The van der Waals surface area contributed by atoms with Gasteiger partial charge in [-0.2, -0.15) is 31.9 Å². The van der Waals surface area contributed by atoms with Crippen molar-refractivity contribution in [1.82, 2.24) is 24.7 Å². The first-order chi connectivity index (χ1) is 14.8. The van der Waals surface area contributed by atoms with Gasteiger partial charge in [-0.1, -0.05) is 0 Å². The molecule has 1 aliphatic carbocycles. The van der Waals surface area contributed by atoms with Crippen LogP contribution in [0, 0.1) is 0 Å². The van der Waals surface area contributed by atoms with Gasteiger partial charge in [0, 0.05) is 12.2 Å². The molecule has 1 aliphatic heterocycles. The highest BCUT2D eigenvalue weighted by Gasteiger charge is 2.38. The molecule has 0 unspecified atom stereocenters. The van der Waals surface area contributed by atoms with Crippen LogP contribution in [-0.2, 0) is 10.9 Å². The van der Waals surface area contributed by atoms with Gasteiger partial charge >= 0.3 is 18.8 Å². The second-order valence-corrected chi connectivity index (χ2v) is 7.23. The van der Waals surface area contributed by atoms with Crippen molar-refractivity contribution in [2.45, 2.75) is 56.7 Å². The number of hydrogen-bond donors (Lipinski definition) is 1. The lowest BCUT2D eigenvalue weighted by Gasteiger charge is -2.30. The number of nitrogens with zero attached hydrogens (tertiary/aromatic N) is 5. The fourth-order valence-corrected chi connectivity index (χ4v) is 3.45. The molecule has 1 saturated heterocycles. The fraction of sp³-hybridized carbons (Fsp3) is 0.647. The molecule has 2 aliphatic rings. The van der Waals surface area contributed by atoms with E-state index in [4.69, 9.17) is 9.47 Å². The molecule has 1 saturated carbocycles. The highest BCUT2D eigenvalue weighted by atomic mass is 19.4. The molecule has 1 N–H and O–H groups in total. The molecular weight excluding hydrogens is 431 g/mol. The van der Waals surface area contributed by atoms with Crippen molar-refractivity contribution in [3.05, 3.63) is 18.1 Å². The topological polar surface area (TPSA) is 96.2 Å². The van der Waals surface area contributed by atoms with Gasteiger partial charge in [-0.15, -0.1) is 5.10 Å². The zero-order valence-electron chi connectivity index (χ0n) is 16.1. The number of halogens is 5. The third-order valence-electron chi connectivity index (χ3n) is 4.98. The van der Waals surface area contributed by atoms with Crippen LogP contribution in [0.3, 0.4) is 0 Å². The van der Waals surface area contributed by atoms with E-state index >= 15 is 0 Å². The van der Waals surface area contributed by atoms with Crippen molar-refractivity contribution >= 4 is 5.95 Å². The number of hydrogen-bond acceptors (Lipinski definition) is 8. The Labute approximate surface area is 172 Å². The van der Waals surface area contributed by atoms with Gasteiger partial charge in [-0.25, -0.2) is 9.67 Å². The van der Waals surface area contributed by atoms with Crippen molar-refractivity contribution < 1.29 is 36.2 Å². The van der Waals surface area contributed by atoms with E-state index in [1.165, 1.54) is 11.0 Å². The highest BCUT2D eigenvalue weighted by Crippen LogP contribution is 2.36. The first-order valence-electron chi connectivity index (χ1n) is 9.59. The van der Waals surface area contributed by atoms with Gasteiger partial charge < -0.3 is 19.5 Å². The Morgan fingerprint density at radius 2 is 2.00 bits per heavy atom. The number of alkyl halides is 5. The van der Waals surface area contributed by atoms with Crippen molar-refractivity contribution in [2.24, 2.45) is 0 Å². The van der Waals surface area contributed by atoms with Gasteiger partial charge in [0.25, 0.3) is 0 Å². The summed E-state index contributed by atoms with van der Waals surface area (Å²) in [5.41, 5.74) is -1.05. The van der Waals surface area contributed by atoms with Crippen LogP contribution < -0.4 is 14.8 Å². The van der Waals surface area contributed by atoms with Crippen LogP contribution in [0.5, 0.6) is 11.9 Å². The standard InChI is InChI=1S/C17H19F5N6O3/c18-14(19)31-16-24-8-28(27-16)10-3-1-2-9(4-10)25-15-23-5-12(17(20,21)22)13(26-15)30-11-6-29-7-11/h5,8-11,14H,1-4,6-7H2,(H,23,25,26)/t9-,10-/m1/s1. The van der Waals surface area contributed by atoms with Gasteiger partial charge in [0.15, 0.2) is 0 Å². The van der Waals surface area contributed by atoms with Crippen LogP contribution in [0.1, 0.15) is 37.3 Å². The zero-order chi connectivity index (χ0) is 22.0. The second kappa shape index (κ2) is 8.77. The molecule has 9 nitrogen and oxygen atoms in total. The summed E-state index contributed by atoms with van der Waals surface area (Å²) in [6, 6.07) is -0.733. The van der Waals surface area contributed by atoms with Crippen LogP contribution in [0.4, 0.5) is 27.9 Å². The van der Waals surface area contributed by atoms with Gasteiger partial charge in [0.05, 0.1) is 19.3 Å². The minimum atomic E-state index is -4.65. The summed E-state index contributed by atoms with van der Waals surface area (Å²) >= 11 is 0. The van der Waals surface area contributed by atoms with Crippen LogP contribution in [0.2, 0.25) is 0 Å². The van der Waals surface area contributed by atoms with Crippen LogP contribution in [0.15, 0.2) is 12.5 Å².